The first-order valence-electron chi connectivity index (χ1n) is 14.2. The molecule has 0 heterocycles. The Kier molecular flexibility index (Phi) is 8.79. The highest BCUT2D eigenvalue weighted by Crippen LogP contribution is 2.46. The van der Waals surface area contributed by atoms with Gasteiger partial charge in [0.2, 0.25) is 0 Å². The van der Waals surface area contributed by atoms with E-state index in [1.165, 1.54) is 0 Å². The number of halogens is 2. The van der Waals surface area contributed by atoms with E-state index in [2.05, 4.69) is 48.5 Å². The third-order valence-corrected chi connectivity index (χ3v) is 8.06. The maximum absolute atomic E-state index is 11.4. The van der Waals surface area contributed by atoms with Gasteiger partial charge in [-0.1, -0.05) is 84.9 Å². The first-order valence-corrected chi connectivity index (χ1v) is 15.0. The molecule has 0 saturated heterocycles. The molecule has 0 N–H and O–H groups in total. The van der Waals surface area contributed by atoms with Gasteiger partial charge in [-0.05, 0) is 118 Å². The van der Waals surface area contributed by atoms with Gasteiger partial charge in [-0.25, -0.2) is 0 Å². The minimum absolute atomic E-state index is 0.409. The summed E-state index contributed by atoms with van der Waals surface area (Å²) in [4.78, 5) is 22.9. The van der Waals surface area contributed by atoms with Crippen LogP contribution in [0.25, 0.3) is 0 Å². The Balaban J connectivity index is 1.40. The molecule has 0 atom stereocenters. The zero-order valence-electron chi connectivity index (χ0n) is 23.9. The van der Waals surface area contributed by atoms with Crippen LogP contribution in [0.1, 0.15) is 43.0 Å². The van der Waals surface area contributed by atoms with Gasteiger partial charge in [0.15, 0.2) is 0 Å². The summed E-state index contributed by atoms with van der Waals surface area (Å²) in [5.74, 6) is 2.51. The first-order chi connectivity index (χ1) is 21.9. The van der Waals surface area contributed by atoms with Crippen molar-refractivity contribution in [1.82, 2.24) is 0 Å². The Morgan fingerprint density at radius 1 is 0.378 bits per heavy atom. The molecule has 0 aliphatic rings. The molecule has 0 aromatic heterocycles. The smallest absolute Gasteiger partial charge is 0.252 e. The fourth-order valence-electron chi connectivity index (χ4n) is 5.50. The number of carbonyl (C=O) groups excluding carboxylic acids is 2. The van der Waals surface area contributed by atoms with E-state index in [-0.39, 0.29) is 0 Å². The molecule has 0 fully saturated rings. The molecule has 0 bridgehead atoms. The van der Waals surface area contributed by atoms with E-state index in [1.54, 1.807) is 48.5 Å². The fourth-order valence-corrected chi connectivity index (χ4v) is 5.75. The van der Waals surface area contributed by atoms with Crippen molar-refractivity contribution in [2.24, 2.45) is 0 Å². The summed E-state index contributed by atoms with van der Waals surface area (Å²) in [7, 11) is 0. The summed E-state index contributed by atoms with van der Waals surface area (Å²) in [6, 6.07) is 50.3. The van der Waals surface area contributed by atoms with Crippen LogP contribution in [0.3, 0.4) is 0 Å². The van der Waals surface area contributed by atoms with Gasteiger partial charge in [-0.3, -0.25) is 9.59 Å². The molecule has 45 heavy (non-hydrogen) atoms. The molecule has 6 aromatic carbocycles. The van der Waals surface area contributed by atoms with Gasteiger partial charge >= 0.3 is 0 Å². The lowest BCUT2D eigenvalue weighted by atomic mass is 9.65. The van der Waals surface area contributed by atoms with E-state index in [0.29, 0.717) is 34.1 Å². The van der Waals surface area contributed by atoms with Crippen molar-refractivity contribution >= 4 is 33.7 Å². The fraction of sp³-hybridized carbons (Fsp3) is 0.0256. The quantitative estimate of drug-likeness (QED) is 0.112. The Hall–Kier alpha value is -5.16. The van der Waals surface area contributed by atoms with E-state index in [4.69, 9.17) is 32.7 Å². The van der Waals surface area contributed by atoms with Crippen molar-refractivity contribution in [2.75, 3.05) is 0 Å². The average molecular weight is 630 g/mol. The molecule has 0 unspecified atom stereocenters. The minimum atomic E-state index is -0.662. The van der Waals surface area contributed by atoms with Crippen LogP contribution in [0, 0.1) is 0 Å². The van der Waals surface area contributed by atoms with E-state index in [9.17, 15) is 9.59 Å². The van der Waals surface area contributed by atoms with Crippen LogP contribution in [0.15, 0.2) is 158 Å². The van der Waals surface area contributed by atoms with Crippen LogP contribution in [0.5, 0.6) is 23.0 Å². The second-order valence-electron chi connectivity index (χ2n) is 10.3. The summed E-state index contributed by atoms with van der Waals surface area (Å²) >= 11 is 11.2. The van der Waals surface area contributed by atoms with Crippen molar-refractivity contribution in [3.8, 4) is 23.0 Å². The number of hydrogen-bond acceptors (Lipinski definition) is 4. The molecule has 220 valence electrons. The van der Waals surface area contributed by atoms with Gasteiger partial charge in [0.05, 0.1) is 5.41 Å². The van der Waals surface area contributed by atoms with Crippen molar-refractivity contribution in [3.63, 3.8) is 0 Å². The number of hydrogen-bond donors (Lipinski definition) is 0. The Bertz CT molecular complexity index is 1760. The van der Waals surface area contributed by atoms with Crippen LogP contribution >= 0.6 is 23.2 Å². The van der Waals surface area contributed by atoms with Crippen molar-refractivity contribution in [3.05, 3.63) is 191 Å². The molecule has 0 radical (unpaired) electrons. The molecule has 6 aromatic rings. The molecule has 6 rings (SSSR count). The van der Waals surface area contributed by atoms with E-state index < -0.39 is 15.9 Å². The maximum Gasteiger partial charge on any atom is 0.252 e. The van der Waals surface area contributed by atoms with Crippen LogP contribution in [-0.2, 0) is 5.41 Å². The third-order valence-electron chi connectivity index (χ3n) is 7.62. The highest BCUT2D eigenvalue weighted by Gasteiger charge is 2.38. The summed E-state index contributed by atoms with van der Waals surface area (Å²) in [6.45, 7) is 0. The van der Waals surface area contributed by atoms with E-state index >= 15 is 0 Å². The van der Waals surface area contributed by atoms with Crippen molar-refractivity contribution in [1.29, 1.82) is 0 Å². The van der Waals surface area contributed by atoms with Gasteiger partial charge in [0, 0.05) is 11.1 Å². The molecule has 6 heteroatoms. The molecule has 0 amide bonds. The molecule has 0 aliphatic carbocycles. The lowest BCUT2D eigenvalue weighted by Crippen LogP contribution is -2.30. The molecule has 0 aliphatic heterocycles. The SMILES string of the molecule is O=C(Cl)c1ccc(Oc2ccc(C(c3ccccc3)(c3ccccc3)c3ccc(Oc4ccc(C(=O)Cl)cc4)cc3)cc2)cc1. The standard InChI is InChI=1S/C39H26Cl2O4/c40-37(42)27-11-19-33(20-12-27)44-35-23-15-31(16-24-35)39(29-7-3-1-4-8-29,30-9-5-2-6-10-30)32-17-25-36(26-18-32)45-34-21-13-28(14-22-34)38(41)43/h1-26H. The van der Waals surface area contributed by atoms with Gasteiger partial charge in [0.1, 0.15) is 23.0 Å². The van der Waals surface area contributed by atoms with Crippen molar-refractivity contribution in [2.45, 2.75) is 5.41 Å². The maximum atomic E-state index is 11.4. The summed E-state index contributed by atoms with van der Waals surface area (Å²) in [6.07, 6.45) is 0. The number of carbonyl (C=O) groups is 2. The summed E-state index contributed by atoms with van der Waals surface area (Å²) in [5.41, 5.74) is 4.45. The van der Waals surface area contributed by atoms with Crippen LogP contribution in [-0.4, -0.2) is 10.5 Å². The molecule has 0 saturated carbocycles. The van der Waals surface area contributed by atoms with Crippen LogP contribution in [0.2, 0.25) is 0 Å². The lowest BCUT2D eigenvalue weighted by Gasteiger charge is -2.37. The lowest BCUT2D eigenvalue weighted by molar-refractivity contribution is 0.107. The van der Waals surface area contributed by atoms with Gasteiger partial charge in [-0.2, -0.15) is 0 Å². The Morgan fingerprint density at radius 2 is 0.644 bits per heavy atom. The minimum Gasteiger partial charge on any atom is -0.457 e. The Morgan fingerprint density at radius 3 is 0.933 bits per heavy atom. The van der Waals surface area contributed by atoms with Crippen LogP contribution < -0.4 is 9.47 Å². The van der Waals surface area contributed by atoms with E-state index in [0.717, 1.165) is 22.3 Å². The number of rotatable bonds is 10. The zero-order chi connectivity index (χ0) is 31.2. The number of ether oxygens (including phenoxy) is 2. The summed E-state index contributed by atoms with van der Waals surface area (Å²) < 4.78 is 12.2. The number of benzene rings is 6. The molecule has 0 spiro atoms. The zero-order valence-corrected chi connectivity index (χ0v) is 25.4. The van der Waals surface area contributed by atoms with Gasteiger partial charge < -0.3 is 9.47 Å². The normalized spacial score (nSPS) is 11.1. The second kappa shape index (κ2) is 13.2. The largest absolute Gasteiger partial charge is 0.457 e. The molecular formula is C39H26Cl2O4. The Labute approximate surface area is 271 Å². The predicted octanol–water partition coefficient (Wildman–Crippen LogP) is 10.4. The van der Waals surface area contributed by atoms with Gasteiger partial charge in [-0.15, -0.1) is 0 Å². The van der Waals surface area contributed by atoms with E-state index in [1.807, 2.05) is 60.7 Å². The molecule has 4 nitrogen and oxygen atoms in total. The molecular weight excluding hydrogens is 603 g/mol. The van der Waals surface area contributed by atoms with Crippen LogP contribution in [0.4, 0.5) is 0 Å². The topological polar surface area (TPSA) is 52.6 Å². The van der Waals surface area contributed by atoms with Crippen molar-refractivity contribution < 1.29 is 19.1 Å². The highest BCUT2D eigenvalue weighted by molar-refractivity contribution is 6.68. The summed E-state index contributed by atoms with van der Waals surface area (Å²) in [5, 5.41) is -1.02. The highest BCUT2D eigenvalue weighted by atomic mass is 35.5. The third kappa shape index (κ3) is 6.39. The first kappa shape index (κ1) is 29.9. The van der Waals surface area contributed by atoms with Gasteiger partial charge in [0.25, 0.3) is 10.5 Å². The monoisotopic (exact) mass is 628 g/mol. The second-order valence-corrected chi connectivity index (χ2v) is 11.0. The average Bonchev–Trinajstić information content (AvgIpc) is 3.08. The predicted molar refractivity (Wildman–Crippen MR) is 178 cm³/mol.